The van der Waals surface area contributed by atoms with Crippen LogP contribution in [0.2, 0.25) is 0 Å². The number of esters is 1. The second-order valence-electron chi connectivity index (χ2n) is 6.11. The van der Waals surface area contributed by atoms with Gasteiger partial charge >= 0.3 is 5.97 Å². The second-order valence-corrected chi connectivity index (χ2v) is 6.11. The molecular weight excluding hydrogens is 282 g/mol. The molecule has 114 valence electrons. The van der Waals surface area contributed by atoms with Gasteiger partial charge in [-0.2, -0.15) is 4.98 Å². The van der Waals surface area contributed by atoms with Gasteiger partial charge in [0.15, 0.2) is 12.4 Å². The number of hydrogen-bond acceptors (Lipinski definition) is 5. The molecular formula is C16H17N3O3. The van der Waals surface area contributed by atoms with Crippen molar-refractivity contribution in [1.29, 1.82) is 0 Å². The van der Waals surface area contributed by atoms with Crippen LogP contribution in [-0.4, -0.2) is 21.1 Å². The second kappa shape index (κ2) is 5.29. The fourth-order valence-corrected chi connectivity index (χ4v) is 2.01. The average Bonchev–Trinajstić information content (AvgIpc) is 3.10. The molecule has 0 aliphatic heterocycles. The molecule has 6 nitrogen and oxygen atoms in total. The highest BCUT2D eigenvalue weighted by Crippen LogP contribution is 2.19. The number of H-pyrrole nitrogens is 1. The van der Waals surface area contributed by atoms with Gasteiger partial charge in [0.05, 0.1) is 0 Å². The summed E-state index contributed by atoms with van der Waals surface area (Å²) < 4.78 is 10.3. The Labute approximate surface area is 127 Å². The summed E-state index contributed by atoms with van der Waals surface area (Å²) >= 11 is 0. The summed E-state index contributed by atoms with van der Waals surface area (Å²) in [4.78, 5) is 19.3. The maximum atomic E-state index is 12.0. The lowest BCUT2D eigenvalue weighted by atomic mass is 9.96. The van der Waals surface area contributed by atoms with Crippen LogP contribution in [0.1, 0.15) is 43.0 Å². The monoisotopic (exact) mass is 299 g/mol. The predicted molar refractivity (Wildman–Crippen MR) is 80.4 cm³/mol. The van der Waals surface area contributed by atoms with Crippen LogP contribution >= 0.6 is 0 Å². The normalized spacial score (nSPS) is 11.8. The van der Waals surface area contributed by atoms with E-state index >= 15 is 0 Å². The number of aromatic amines is 1. The Morgan fingerprint density at radius 1 is 1.32 bits per heavy atom. The minimum atomic E-state index is -0.452. The number of rotatable bonds is 3. The van der Waals surface area contributed by atoms with Crippen molar-refractivity contribution in [2.45, 2.75) is 32.8 Å². The lowest BCUT2D eigenvalue weighted by Gasteiger charge is -2.10. The van der Waals surface area contributed by atoms with Crippen LogP contribution in [0.15, 0.2) is 34.9 Å². The predicted octanol–water partition coefficient (Wildman–Crippen LogP) is 3.21. The third kappa shape index (κ3) is 2.86. The van der Waals surface area contributed by atoms with E-state index in [0.29, 0.717) is 11.5 Å². The summed E-state index contributed by atoms with van der Waals surface area (Å²) in [6.45, 7) is 5.91. The van der Waals surface area contributed by atoms with Gasteiger partial charge in [0, 0.05) is 16.3 Å². The van der Waals surface area contributed by atoms with Crippen molar-refractivity contribution < 1.29 is 14.1 Å². The van der Waals surface area contributed by atoms with Crippen LogP contribution in [0.25, 0.3) is 10.9 Å². The fourth-order valence-electron chi connectivity index (χ4n) is 2.01. The first-order valence-corrected chi connectivity index (χ1v) is 7.01. The zero-order valence-corrected chi connectivity index (χ0v) is 12.7. The molecule has 6 heteroatoms. The number of carbonyl (C=O) groups is 1. The summed E-state index contributed by atoms with van der Waals surface area (Å²) in [6.07, 6.45) is 0. The zero-order chi connectivity index (χ0) is 15.7. The van der Waals surface area contributed by atoms with Gasteiger partial charge < -0.3 is 14.2 Å². The Morgan fingerprint density at radius 2 is 2.09 bits per heavy atom. The summed E-state index contributed by atoms with van der Waals surface area (Å²) in [5, 5.41) is 4.85. The highest BCUT2D eigenvalue weighted by molar-refractivity contribution is 5.94. The number of nitrogens with one attached hydrogen (secondary N) is 1. The molecule has 0 atom stereocenters. The fraction of sp³-hybridized carbons (Fsp3) is 0.312. The third-order valence-corrected chi connectivity index (χ3v) is 3.22. The Balaban J connectivity index is 1.68. The van der Waals surface area contributed by atoms with E-state index in [1.807, 2.05) is 45.0 Å². The van der Waals surface area contributed by atoms with E-state index in [1.165, 1.54) is 0 Å². The minimum absolute atomic E-state index is 0.0444. The highest BCUT2D eigenvalue weighted by Gasteiger charge is 2.21. The van der Waals surface area contributed by atoms with Crippen molar-refractivity contribution in [2.75, 3.05) is 0 Å². The van der Waals surface area contributed by atoms with Gasteiger partial charge in [0.25, 0.3) is 5.89 Å². The molecule has 0 unspecified atom stereocenters. The number of aromatic nitrogens is 3. The molecule has 2 heterocycles. The molecule has 0 fully saturated rings. The molecule has 3 aromatic rings. The van der Waals surface area contributed by atoms with Crippen LogP contribution in [0.5, 0.6) is 0 Å². The van der Waals surface area contributed by atoms with Crippen LogP contribution in [0, 0.1) is 0 Å². The molecule has 0 aliphatic carbocycles. The molecule has 0 bridgehead atoms. The maximum Gasteiger partial charge on any atom is 0.355 e. The van der Waals surface area contributed by atoms with Crippen molar-refractivity contribution in [2.24, 2.45) is 0 Å². The van der Waals surface area contributed by atoms with Gasteiger partial charge in [-0.25, -0.2) is 4.79 Å². The SMILES string of the molecule is CC(C)(C)c1noc(COC(=O)c2cc3ccccc3[nH]2)n1. The number of nitrogens with zero attached hydrogens (tertiary/aromatic N) is 2. The van der Waals surface area contributed by atoms with E-state index in [9.17, 15) is 4.79 Å². The van der Waals surface area contributed by atoms with Crippen molar-refractivity contribution in [1.82, 2.24) is 15.1 Å². The Bertz CT molecular complexity index is 778. The van der Waals surface area contributed by atoms with E-state index < -0.39 is 5.97 Å². The molecule has 0 radical (unpaired) electrons. The lowest BCUT2D eigenvalue weighted by molar-refractivity contribution is 0.0424. The van der Waals surface area contributed by atoms with Gasteiger partial charge in [0.1, 0.15) is 5.69 Å². The first-order valence-electron chi connectivity index (χ1n) is 7.01. The zero-order valence-electron chi connectivity index (χ0n) is 12.7. The summed E-state index contributed by atoms with van der Waals surface area (Å²) in [5.74, 6) is 0.422. The number of carbonyl (C=O) groups excluding carboxylic acids is 1. The van der Waals surface area contributed by atoms with Gasteiger partial charge in [-0.1, -0.05) is 44.1 Å². The highest BCUT2D eigenvalue weighted by atomic mass is 16.6. The van der Waals surface area contributed by atoms with Crippen LogP contribution in [0.4, 0.5) is 0 Å². The van der Waals surface area contributed by atoms with Crippen molar-refractivity contribution in [3.05, 3.63) is 47.7 Å². The molecule has 0 amide bonds. The molecule has 22 heavy (non-hydrogen) atoms. The van der Waals surface area contributed by atoms with Gasteiger partial charge in [-0.05, 0) is 12.1 Å². The molecule has 0 aliphatic rings. The van der Waals surface area contributed by atoms with Gasteiger partial charge in [-0.3, -0.25) is 0 Å². The van der Waals surface area contributed by atoms with Crippen LogP contribution < -0.4 is 0 Å². The van der Waals surface area contributed by atoms with Crippen molar-refractivity contribution in [3.63, 3.8) is 0 Å². The minimum Gasteiger partial charge on any atom is -0.451 e. The summed E-state index contributed by atoms with van der Waals surface area (Å²) in [5.41, 5.74) is 1.09. The molecule has 1 aromatic carbocycles. The number of benzene rings is 1. The molecule has 1 N–H and O–H groups in total. The van der Waals surface area contributed by atoms with E-state index in [4.69, 9.17) is 9.26 Å². The Hall–Kier alpha value is -2.63. The first-order chi connectivity index (χ1) is 10.4. The quantitative estimate of drug-likeness (QED) is 0.751. The number of ether oxygens (including phenoxy) is 1. The largest absolute Gasteiger partial charge is 0.451 e. The van der Waals surface area contributed by atoms with E-state index in [-0.39, 0.29) is 17.9 Å². The van der Waals surface area contributed by atoms with Crippen LogP contribution in [-0.2, 0) is 16.8 Å². The third-order valence-electron chi connectivity index (χ3n) is 3.22. The van der Waals surface area contributed by atoms with E-state index in [0.717, 1.165) is 10.9 Å². The Morgan fingerprint density at radius 3 is 2.77 bits per heavy atom. The van der Waals surface area contributed by atoms with Crippen molar-refractivity contribution >= 4 is 16.9 Å². The molecule has 0 saturated heterocycles. The van der Waals surface area contributed by atoms with E-state index in [2.05, 4.69) is 15.1 Å². The number of hydrogen-bond donors (Lipinski definition) is 1. The van der Waals surface area contributed by atoms with Gasteiger partial charge in [-0.15, -0.1) is 0 Å². The molecule has 0 saturated carbocycles. The smallest absolute Gasteiger partial charge is 0.355 e. The Kier molecular flexibility index (Phi) is 3.44. The average molecular weight is 299 g/mol. The lowest BCUT2D eigenvalue weighted by Crippen LogP contribution is -2.13. The maximum absolute atomic E-state index is 12.0. The molecule has 3 rings (SSSR count). The molecule has 0 spiro atoms. The summed E-state index contributed by atoms with van der Waals surface area (Å²) in [7, 11) is 0. The standard InChI is InChI=1S/C16H17N3O3/c1-16(2,3)15-18-13(22-19-15)9-21-14(20)12-8-10-6-4-5-7-11(10)17-12/h4-8,17H,9H2,1-3H3. The first kappa shape index (κ1) is 14.3. The van der Waals surface area contributed by atoms with Crippen molar-refractivity contribution in [3.8, 4) is 0 Å². The summed E-state index contributed by atoms with van der Waals surface area (Å²) in [6, 6.07) is 9.40. The van der Waals surface area contributed by atoms with Gasteiger partial charge in [0.2, 0.25) is 0 Å². The number of para-hydroxylation sites is 1. The molecule has 2 aromatic heterocycles. The van der Waals surface area contributed by atoms with Crippen LogP contribution in [0.3, 0.4) is 0 Å². The van der Waals surface area contributed by atoms with E-state index in [1.54, 1.807) is 6.07 Å². The topological polar surface area (TPSA) is 81.0 Å². The number of fused-ring (bicyclic) bond motifs is 1.